The first-order chi connectivity index (χ1) is 16.5. The van der Waals surface area contributed by atoms with Crippen molar-refractivity contribution in [1.29, 1.82) is 0 Å². The van der Waals surface area contributed by atoms with E-state index in [1.54, 1.807) is 29.0 Å². The van der Waals surface area contributed by atoms with Crippen molar-refractivity contribution in [3.8, 4) is 11.3 Å². The molecule has 3 aromatic rings. The Bertz CT molecular complexity index is 1100. The summed E-state index contributed by atoms with van der Waals surface area (Å²) in [6.45, 7) is 9.81. The van der Waals surface area contributed by atoms with Gasteiger partial charge in [-0.25, -0.2) is 9.37 Å². The second-order valence-corrected chi connectivity index (χ2v) is 8.28. The predicted molar refractivity (Wildman–Crippen MR) is 139 cm³/mol. The second kappa shape index (κ2) is 13.7. The number of nitrogens with zero attached hydrogens (tertiary/aromatic N) is 2. The van der Waals surface area contributed by atoms with Crippen molar-refractivity contribution in [2.24, 2.45) is 0 Å². The highest BCUT2D eigenvalue weighted by Crippen LogP contribution is 2.32. The summed E-state index contributed by atoms with van der Waals surface area (Å²) in [6.07, 6.45) is 6.67. The number of thiazole rings is 1. The summed E-state index contributed by atoms with van der Waals surface area (Å²) in [7, 11) is 1.82. The topological polar surface area (TPSA) is 76.0 Å². The van der Waals surface area contributed by atoms with E-state index in [1.165, 1.54) is 17.4 Å². The van der Waals surface area contributed by atoms with Crippen molar-refractivity contribution in [1.82, 2.24) is 14.8 Å². The molecule has 2 amide bonds. The van der Waals surface area contributed by atoms with Gasteiger partial charge in [0.15, 0.2) is 5.13 Å². The lowest BCUT2D eigenvalue weighted by Gasteiger charge is -2.14. The lowest BCUT2D eigenvalue weighted by atomic mass is 9.93. The van der Waals surface area contributed by atoms with E-state index in [0.717, 1.165) is 36.0 Å². The van der Waals surface area contributed by atoms with E-state index in [9.17, 15) is 14.0 Å². The van der Waals surface area contributed by atoms with Gasteiger partial charge in [-0.1, -0.05) is 47.4 Å². The van der Waals surface area contributed by atoms with Crippen LogP contribution in [0.1, 0.15) is 62.0 Å². The van der Waals surface area contributed by atoms with E-state index in [0.29, 0.717) is 22.8 Å². The SMILES string of the molecule is CC.C[B]n1ccc(C(=O)NCC(=O)Nc2nc(-c3ccc(F)c(CCC)c3CCC)cs2)c1. The predicted octanol–water partition coefficient (Wildman–Crippen LogP) is 5.57. The first kappa shape index (κ1) is 27.3. The second-order valence-electron chi connectivity index (χ2n) is 7.43. The van der Waals surface area contributed by atoms with Crippen LogP contribution in [-0.2, 0) is 17.6 Å². The van der Waals surface area contributed by atoms with Crippen LogP contribution >= 0.6 is 11.3 Å². The fourth-order valence-electron chi connectivity index (χ4n) is 3.55. The Kier molecular flexibility index (Phi) is 11.0. The van der Waals surface area contributed by atoms with Gasteiger partial charge in [-0.2, -0.15) is 0 Å². The van der Waals surface area contributed by atoms with Crippen molar-refractivity contribution in [3.05, 3.63) is 58.5 Å². The average molecular weight is 483 g/mol. The third-order valence-corrected chi connectivity index (χ3v) is 5.84. The molecule has 1 radical (unpaired) electrons. The molecule has 0 atom stereocenters. The first-order valence-corrected chi connectivity index (χ1v) is 12.7. The van der Waals surface area contributed by atoms with Crippen molar-refractivity contribution in [3.63, 3.8) is 0 Å². The van der Waals surface area contributed by atoms with E-state index in [4.69, 9.17) is 0 Å². The van der Waals surface area contributed by atoms with E-state index in [2.05, 4.69) is 22.5 Å². The van der Waals surface area contributed by atoms with E-state index in [1.807, 2.05) is 40.4 Å². The first-order valence-electron chi connectivity index (χ1n) is 11.8. The van der Waals surface area contributed by atoms with Crippen LogP contribution in [0.5, 0.6) is 0 Å². The maximum absolute atomic E-state index is 14.4. The smallest absolute Gasteiger partial charge is 0.253 e. The largest absolute Gasteiger partial charge is 0.402 e. The molecule has 0 unspecified atom stereocenters. The Balaban J connectivity index is 0.00000199. The lowest BCUT2D eigenvalue weighted by Crippen LogP contribution is -2.32. The Morgan fingerprint density at radius 1 is 1.12 bits per heavy atom. The highest BCUT2D eigenvalue weighted by molar-refractivity contribution is 7.14. The zero-order valence-electron chi connectivity index (χ0n) is 20.6. The number of hydrogen-bond donors (Lipinski definition) is 2. The Morgan fingerprint density at radius 3 is 2.47 bits per heavy atom. The lowest BCUT2D eigenvalue weighted by molar-refractivity contribution is -0.115. The quantitative estimate of drug-likeness (QED) is 0.371. The van der Waals surface area contributed by atoms with Gasteiger partial charge in [0.1, 0.15) is 5.82 Å². The zero-order chi connectivity index (χ0) is 25.1. The molecule has 0 saturated carbocycles. The molecule has 0 aliphatic heterocycles. The van der Waals surface area contributed by atoms with Crippen molar-refractivity contribution in [2.75, 3.05) is 11.9 Å². The van der Waals surface area contributed by atoms with Gasteiger partial charge >= 0.3 is 0 Å². The minimum atomic E-state index is -0.361. The number of halogens is 1. The molecule has 0 saturated heterocycles. The van der Waals surface area contributed by atoms with Crippen LogP contribution in [-0.4, -0.2) is 35.2 Å². The molecule has 0 fully saturated rings. The number of carbonyl (C=O) groups is 2. The minimum Gasteiger partial charge on any atom is -0.402 e. The van der Waals surface area contributed by atoms with Crippen LogP contribution in [0, 0.1) is 5.82 Å². The normalized spacial score (nSPS) is 10.3. The van der Waals surface area contributed by atoms with Crippen molar-refractivity contribution in [2.45, 2.75) is 60.2 Å². The summed E-state index contributed by atoms with van der Waals surface area (Å²) in [4.78, 5) is 29.0. The summed E-state index contributed by atoms with van der Waals surface area (Å²) < 4.78 is 16.2. The molecule has 0 aliphatic carbocycles. The number of anilines is 1. The summed E-state index contributed by atoms with van der Waals surface area (Å²) in [6, 6.07) is 4.94. The summed E-state index contributed by atoms with van der Waals surface area (Å²) in [5.41, 5.74) is 3.84. The van der Waals surface area contributed by atoms with Gasteiger partial charge in [-0.15, -0.1) is 11.3 Å². The molecular formula is C25H33BFN4O2S. The van der Waals surface area contributed by atoms with Gasteiger partial charge < -0.3 is 15.1 Å². The number of nitrogens with one attached hydrogen (secondary N) is 2. The Morgan fingerprint density at radius 2 is 1.82 bits per heavy atom. The Hall–Kier alpha value is -2.94. The molecule has 0 aliphatic rings. The summed E-state index contributed by atoms with van der Waals surface area (Å²) in [5.74, 6) is -0.856. The molecule has 3 rings (SSSR count). The number of rotatable bonds is 10. The Labute approximate surface area is 206 Å². The monoisotopic (exact) mass is 483 g/mol. The van der Waals surface area contributed by atoms with Gasteiger partial charge in [-0.3, -0.25) is 9.59 Å². The van der Waals surface area contributed by atoms with Crippen molar-refractivity contribution < 1.29 is 14.0 Å². The number of benzene rings is 1. The fourth-order valence-corrected chi connectivity index (χ4v) is 4.28. The van der Waals surface area contributed by atoms with Crippen LogP contribution in [0.2, 0.25) is 6.82 Å². The molecule has 2 aromatic heterocycles. The van der Waals surface area contributed by atoms with Crippen LogP contribution in [0.4, 0.5) is 9.52 Å². The molecule has 2 heterocycles. The molecule has 9 heteroatoms. The van der Waals surface area contributed by atoms with Crippen LogP contribution < -0.4 is 10.6 Å². The third kappa shape index (κ3) is 7.03. The maximum Gasteiger partial charge on any atom is 0.253 e. The zero-order valence-corrected chi connectivity index (χ0v) is 21.4. The van der Waals surface area contributed by atoms with E-state index >= 15 is 0 Å². The number of amides is 2. The highest BCUT2D eigenvalue weighted by atomic mass is 32.1. The number of aromatic nitrogens is 2. The summed E-state index contributed by atoms with van der Waals surface area (Å²) in [5, 5.41) is 7.63. The van der Waals surface area contributed by atoms with Gasteiger partial charge in [0.25, 0.3) is 5.91 Å². The van der Waals surface area contributed by atoms with E-state index < -0.39 is 0 Å². The highest BCUT2D eigenvalue weighted by Gasteiger charge is 2.17. The van der Waals surface area contributed by atoms with Gasteiger partial charge in [0.2, 0.25) is 13.3 Å². The van der Waals surface area contributed by atoms with Crippen LogP contribution in [0.25, 0.3) is 11.3 Å². The van der Waals surface area contributed by atoms with Crippen LogP contribution in [0.15, 0.2) is 36.0 Å². The van der Waals surface area contributed by atoms with Gasteiger partial charge in [-0.05, 0) is 48.4 Å². The molecule has 2 N–H and O–H groups in total. The molecular weight excluding hydrogens is 450 g/mol. The van der Waals surface area contributed by atoms with Crippen LogP contribution in [0.3, 0.4) is 0 Å². The number of carbonyl (C=O) groups excluding carboxylic acids is 2. The molecule has 181 valence electrons. The standard InChI is InChI=1S/C23H27BFN4O2S.C2H6/c1-4-6-16-17(7-5-2)19(25)9-8-18(16)20-14-32-23(27-20)28-21(30)12-26-22(31)15-10-11-29(13-15)24-3;1-2/h8-11,13-14H,4-7,12H2,1-3H3,(H,26,31)(H,27,28,30);1-2H3. The number of hydrogen-bond acceptors (Lipinski definition) is 4. The van der Waals surface area contributed by atoms with Gasteiger partial charge in [0, 0.05) is 17.1 Å². The average Bonchev–Trinajstić information content (AvgIpc) is 3.51. The minimum absolute atomic E-state index is 0.160. The maximum atomic E-state index is 14.4. The van der Waals surface area contributed by atoms with Gasteiger partial charge in [0.05, 0.1) is 17.8 Å². The fraction of sp³-hybridized carbons (Fsp3) is 0.400. The summed E-state index contributed by atoms with van der Waals surface area (Å²) >= 11 is 1.30. The molecule has 0 spiro atoms. The molecule has 0 bridgehead atoms. The molecule has 6 nitrogen and oxygen atoms in total. The third-order valence-electron chi connectivity index (χ3n) is 5.08. The van der Waals surface area contributed by atoms with E-state index in [-0.39, 0.29) is 24.2 Å². The molecule has 34 heavy (non-hydrogen) atoms. The molecule has 1 aromatic carbocycles. The van der Waals surface area contributed by atoms with Crippen molar-refractivity contribution >= 4 is 35.7 Å².